The lowest BCUT2D eigenvalue weighted by atomic mass is 10.1. The Hall–Kier alpha value is -2.42. The van der Waals surface area contributed by atoms with Crippen molar-refractivity contribution in [3.8, 4) is 0 Å². The lowest BCUT2D eigenvalue weighted by Crippen LogP contribution is -2.45. The van der Waals surface area contributed by atoms with Crippen molar-refractivity contribution in [2.24, 2.45) is 5.73 Å². The molecule has 1 aromatic rings. The average Bonchev–Trinajstić information content (AvgIpc) is 2.45. The standard InChI is InChI=1S/C13H21N5O4/c1-8(18-7-5-10(15)17-13(18)22)11(19)16-9(12(20)21)4-2-3-6-14/h5,7-9H,2-4,6,14H2,1H3,(H,16,19)(H,20,21)(H2,15,17,22)/t8?,9-/m0/s1. The summed E-state index contributed by atoms with van der Waals surface area (Å²) in [6.45, 7) is 1.94. The fourth-order valence-electron chi connectivity index (χ4n) is 1.89. The van der Waals surface area contributed by atoms with Crippen molar-refractivity contribution in [1.82, 2.24) is 14.9 Å². The number of carboxylic acid groups (broad SMARTS) is 1. The number of rotatable bonds is 8. The van der Waals surface area contributed by atoms with Gasteiger partial charge in [-0.05, 0) is 38.8 Å². The summed E-state index contributed by atoms with van der Waals surface area (Å²) >= 11 is 0. The molecule has 1 rings (SSSR count). The predicted molar refractivity (Wildman–Crippen MR) is 80.1 cm³/mol. The second-order valence-electron chi connectivity index (χ2n) is 4.90. The Morgan fingerprint density at radius 2 is 2.14 bits per heavy atom. The number of nitrogens with one attached hydrogen (secondary N) is 1. The van der Waals surface area contributed by atoms with Gasteiger partial charge in [0.1, 0.15) is 17.9 Å². The molecule has 0 spiro atoms. The Labute approximate surface area is 127 Å². The lowest BCUT2D eigenvalue weighted by molar-refractivity contribution is -0.142. The SMILES string of the molecule is CC(C(=O)N[C@@H](CCCCN)C(=O)O)n1ccc(N)nc1=O. The molecule has 0 saturated heterocycles. The van der Waals surface area contributed by atoms with E-state index in [1.165, 1.54) is 19.2 Å². The summed E-state index contributed by atoms with van der Waals surface area (Å²) in [5, 5.41) is 11.5. The first-order valence-corrected chi connectivity index (χ1v) is 6.94. The Balaban J connectivity index is 2.76. The normalized spacial score (nSPS) is 13.4. The van der Waals surface area contributed by atoms with Crippen molar-refractivity contribution in [2.45, 2.75) is 38.3 Å². The van der Waals surface area contributed by atoms with E-state index >= 15 is 0 Å². The van der Waals surface area contributed by atoms with E-state index in [2.05, 4.69) is 10.3 Å². The van der Waals surface area contributed by atoms with Gasteiger partial charge in [-0.15, -0.1) is 0 Å². The number of carboxylic acids is 1. The highest BCUT2D eigenvalue weighted by Gasteiger charge is 2.24. The third-order valence-corrected chi connectivity index (χ3v) is 3.21. The maximum absolute atomic E-state index is 12.1. The molecule has 0 aliphatic carbocycles. The molecule has 0 aliphatic rings. The maximum atomic E-state index is 12.1. The number of unbranched alkanes of at least 4 members (excludes halogenated alkanes) is 1. The summed E-state index contributed by atoms with van der Waals surface area (Å²) < 4.78 is 1.09. The molecule has 6 N–H and O–H groups in total. The Morgan fingerprint density at radius 1 is 1.45 bits per heavy atom. The van der Waals surface area contributed by atoms with Crippen LogP contribution in [0, 0.1) is 0 Å². The second kappa shape index (κ2) is 8.13. The summed E-state index contributed by atoms with van der Waals surface area (Å²) in [6, 6.07) is -0.517. The van der Waals surface area contributed by atoms with Crippen molar-refractivity contribution in [2.75, 3.05) is 12.3 Å². The molecule has 122 valence electrons. The van der Waals surface area contributed by atoms with Crippen LogP contribution in [0.1, 0.15) is 32.2 Å². The van der Waals surface area contributed by atoms with Gasteiger partial charge in [0, 0.05) is 6.20 Å². The van der Waals surface area contributed by atoms with Gasteiger partial charge < -0.3 is 21.9 Å². The zero-order valence-corrected chi connectivity index (χ0v) is 12.4. The van der Waals surface area contributed by atoms with Crippen molar-refractivity contribution < 1.29 is 14.7 Å². The molecular formula is C13H21N5O4. The van der Waals surface area contributed by atoms with Crippen LogP contribution in [0.5, 0.6) is 0 Å². The topological polar surface area (TPSA) is 153 Å². The first-order valence-electron chi connectivity index (χ1n) is 6.94. The maximum Gasteiger partial charge on any atom is 0.350 e. The number of nitrogens with zero attached hydrogens (tertiary/aromatic N) is 2. The largest absolute Gasteiger partial charge is 0.480 e. The number of carbonyl (C=O) groups is 2. The number of nitrogens with two attached hydrogens (primary N) is 2. The molecule has 0 radical (unpaired) electrons. The van der Waals surface area contributed by atoms with Crippen molar-refractivity contribution in [3.63, 3.8) is 0 Å². The number of aromatic nitrogens is 2. The molecule has 1 amide bonds. The summed E-state index contributed by atoms with van der Waals surface area (Å²) in [6.07, 6.45) is 2.89. The van der Waals surface area contributed by atoms with Gasteiger partial charge in [-0.2, -0.15) is 4.98 Å². The quantitative estimate of drug-likeness (QED) is 0.453. The zero-order chi connectivity index (χ0) is 16.7. The summed E-state index contributed by atoms with van der Waals surface area (Å²) in [7, 11) is 0. The highest BCUT2D eigenvalue weighted by atomic mass is 16.4. The Bertz CT molecular complexity index is 586. The number of hydrogen-bond acceptors (Lipinski definition) is 6. The van der Waals surface area contributed by atoms with Crippen LogP contribution in [0.15, 0.2) is 17.1 Å². The zero-order valence-electron chi connectivity index (χ0n) is 12.4. The molecule has 0 bridgehead atoms. The van der Waals surface area contributed by atoms with E-state index in [4.69, 9.17) is 16.6 Å². The Kier molecular flexibility index (Phi) is 6.51. The average molecular weight is 311 g/mol. The van der Waals surface area contributed by atoms with E-state index < -0.39 is 29.6 Å². The van der Waals surface area contributed by atoms with Gasteiger partial charge in [0.2, 0.25) is 5.91 Å². The van der Waals surface area contributed by atoms with E-state index in [9.17, 15) is 14.4 Å². The fraction of sp³-hybridized carbons (Fsp3) is 0.538. The minimum absolute atomic E-state index is 0.0547. The number of anilines is 1. The summed E-state index contributed by atoms with van der Waals surface area (Å²) in [5.41, 5.74) is 10.1. The summed E-state index contributed by atoms with van der Waals surface area (Å²) in [5.74, 6) is -1.65. The van der Waals surface area contributed by atoms with Crippen LogP contribution in [0.25, 0.3) is 0 Å². The highest BCUT2D eigenvalue weighted by molar-refractivity contribution is 5.85. The molecular weight excluding hydrogens is 290 g/mol. The van der Waals surface area contributed by atoms with E-state index in [-0.39, 0.29) is 12.2 Å². The number of carbonyl (C=O) groups excluding carboxylic acids is 1. The third kappa shape index (κ3) is 4.85. The molecule has 1 aromatic heterocycles. The van der Waals surface area contributed by atoms with Gasteiger partial charge in [0.05, 0.1) is 0 Å². The van der Waals surface area contributed by atoms with Crippen LogP contribution < -0.4 is 22.5 Å². The molecule has 22 heavy (non-hydrogen) atoms. The van der Waals surface area contributed by atoms with Gasteiger partial charge in [-0.25, -0.2) is 9.59 Å². The fourth-order valence-corrected chi connectivity index (χ4v) is 1.89. The highest BCUT2D eigenvalue weighted by Crippen LogP contribution is 2.06. The van der Waals surface area contributed by atoms with E-state index in [1.54, 1.807) is 0 Å². The smallest absolute Gasteiger partial charge is 0.350 e. The monoisotopic (exact) mass is 311 g/mol. The first kappa shape index (κ1) is 17.6. The van der Waals surface area contributed by atoms with Crippen molar-refractivity contribution in [1.29, 1.82) is 0 Å². The van der Waals surface area contributed by atoms with Crippen LogP contribution in [-0.4, -0.2) is 39.1 Å². The van der Waals surface area contributed by atoms with Crippen LogP contribution in [0.4, 0.5) is 5.82 Å². The van der Waals surface area contributed by atoms with Gasteiger partial charge in [-0.1, -0.05) is 0 Å². The minimum atomic E-state index is -1.12. The van der Waals surface area contributed by atoms with Crippen LogP contribution in [0.3, 0.4) is 0 Å². The third-order valence-electron chi connectivity index (χ3n) is 3.21. The molecule has 2 atom stereocenters. The van der Waals surface area contributed by atoms with Crippen molar-refractivity contribution in [3.05, 3.63) is 22.7 Å². The van der Waals surface area contributed by atoms with Gasteiger partial charge >= 0.3 is 11.7 Å². The number of nitrogen functional groups attached to an aromatic ring is 1. The number of aliphatic carboxylic acids is 1. The van der Waals surface area contributed by atoms with E-state index in [0.717, 1.165) is 4.57 Å². The second-order valence-corrected chi connectivity index (χ2v) is 4.90. The van der Waals surface area contributed by atoms with E-state index in [0.29, 0.717) is 19.4 Å². The molecule has 0 fully saturated rings. The van der Waals surface area contributed by atoms with E-state index in [1.807, 2.05) is 0 Å². The molecule has 1 heterocycles. The molecule has 0 aliphatic heterocycles. The van der Waals surface area contributed by atoms with Crippen LogP contribution in [-0.2, 0) is 9.59 Å². The number of hydrogen-bond donors (Lipinski definition) is 4. The first-order chi connectivity index (χ1) is 10.4. The molecule has 1 unspecified atom stereocenters. The van der Waals surface area contributed by atoms with Gasteiger partial charge in [0.25, 0.3) is 0 Å². The molecule has 9 heteroatoms. The van der Waals surface area contributed by atoms with Gasteiger partial charge in [0.15, 0.2) is 0 Å². The van der Waals surface area contributed by atoms with Crippen molar-refractivity contribution >= 4 is 17.7 Å². The lowest BCUT2D eigenvalue weighted by Gasteiger charge is -2.19. The summed E-state index contributed by atoms with van der Waals surface area (Å²) in [4.78, 5) is 38.5. The molecule has 0 saturated carbocycles. The number of amides is 1. The molecule has 0 aromatic carbocycles. The predicted octanol–water partition coefficient (Wildman–Crippen LogP) is -0.915. The molecule has 9 nitrogen and oxygen atoms in total. The Morgan fingerprint density at radius 3 is 2.68 bits per heavy atom. The van der Waals surface area contributed by atoms with Crippen LogP contribution in [0.2, 0.25) is 0 Å². The minimum Gasteiger partial charge on any atom is -0.480 e. The van der Waals surface area contributed by atoms with Crippen LogP contribution >= 0.6 is 0 Å². The van der Waals surface area contributed by atoms with Gasteiger partial charge in [-0.3, -0.25) is 9.36 Å².